The Morgan fingerprint density at radius 1 is 1.11 bits per heavy atom. The van der Waals surface area contributed by atoms with Crippen LogP contribution in [-0.4, -0.2) is 48.7 Å². The Labute approximate surface area is 220 Å². The number of nitrogens with zero attached hydrogens (tertiary/aromatic N) is 3. The number of fused-ring (bicyclic) bond motifs is 1. The van der Waals surface area contributed by atoms with Crippen LogP contribution in [0.25, 0.3) is 10.9 Å². The van der Waals surface area contributed by atoms with E-state index in [1.54, 1.807) is 33.1 Å². The van der Waals surface area contributed by atoms with Crippen LogP contribution in [0.3, 0.4) is 0 Å². The largest absolute Gasteiger partial charge is 0.493 e. The molecule has 0 bridgehead atoms. The Bertz CT molecular complexity index is 1310. The third kappa shape index (κ3) is 5.36. The number of hydrogen-bond donors (Lipinski definition) is 1. The predicted octanol–water partition coefficient (Wildman–Crippen LogP) is 6.78. The molecule has 1 aliphatic rings. The second-order valence-electron chi connectivity index (χ2n) is 10.4. The summed E-state index contributed by atoms with van der Waals surface area (Å²) in [6, 6.07) is 6.32. The highest BCUT2D eigenvalue weighted by atomic mass is 19.4. The molecule has 0 spiro atoms. The van der Waals surface area contributed by atoms with Gasteiger partial charge < -0.3 is 19.7 Å². The molecule has 0 saturated heterocycles. The van der Waals surface area contributed by atoms with E-state index in [-0.39, 0.29) is 11.0 Å². The van der Waals surface area contributed by atoms with Gasteiger partial charge in [-0.2, -0.15) is 13.2 Å². The van der Waals surface area contributed by atoms with E-state index < -0.39 is 23.6 Å². The standard InChI is InChI=1S/C28H34F4N4O2/c1-16(19-9-7-10-21(25(19)29)28(30,31)32)33-26-20-13-24(23(37-6)14-22(20)34-18(3)35-26)38-15-27(11-8-12-27)17(2)36(4)5/h7,9-10,13-14,16-17H,8,11-12,15H2,1-6H3,(H,33,34,35)/t16-,17-/m1/s1. The molecule has 10 heteroatoms. The van der Waals surface area contributed by atoms with Crippen molar-refractivity contribution in [3.8, 4) is 11.5 Å². The Morgan fingerprint density at radius 2 is 1.82 bits per heavy atom. The fourth-order valence-electron chi connectivity index (χ4n) is 5.10. The average molecular weight is 535 g/mol. The van der Waals surface area contributed by atoms with Gasteiger partial charge in [0.05, 0.1) is 30.8 Å². The van der Waals surface area contributed by atoms with E-state index in [0.717, 1.165) is 25.3 Å². The number of nitrogens with one attached hydrogen (secondary N) is 1. The van der Waals surface area contributed by atoms with E-state index in [0.29, 0.717) is 46.7 Å². The molecule has 0 unspecified atom stereocenters. The zero-order chi connectivity index (χ0) is 27.8. The first-order chi connectivity index (χ1) is 17.9. The van der Waals surface area contributed by atoms with Crippen LogP contribution < -0.4 is 14.8 Å². The number of methoxy groups -OCH3 is 1. The lowest BCUT2D eigenvalue weighted by atomic mass is 9.64. The number of ether oxygens (including phenoxy) is 2. The van der Waals surface area contributed by atoms with E-state index in [9.17, 15) is 17.6 Å². The van der Waals surface area contributed by atoms with Crippen molar-refractivity contribution >= 4 is 16.7 Å². The summed E-state index contributed by atoms with van der Waals surface area (Å²) in [6.45, 7) is 6.01. The summed E-state index contributed by atoms with van der Waals surface area (Å²) in [5.41, 5.74) is -0.812. The summed E-state index contributed by atoms with van der Waals surface area (Å²) >= 11 is 0. The lowest BCUT2D eigenvalue weighted by molar-refractivity contribution is -0.140. The van der Waals surface area contributed by atoms with Gasteiger partial charge in [0.15, 0.2) is 11.5 Å². The van der Waals surface area contributed by atoms with E-state index >= 15 is 0 Å². The minimum atomic E-state index is -4.79. The first-order valence-electron chi connectivity index (χ1n) is 12.6. The number of hydrogen-bond acceptors (Lipinski definition) is 6. The van der Waals surface area contributed by atoms with Crippen molar-refractivity contribution in [2.45, 2.75) is 58.3 Å². The summed E-state index contributed by atoms with van der Waals surface area (Å²) in [7, 11) is 5.68. The molecule has 4 rings (SSSR count). The summed E-state index contributed by atoms with van der Waals surface area (Å²) < 4.78 is 66.6. The summed E-state index contributed by atoms with van der Waals surface area (Å²) in [4.78, 5) is 11.2. The second kappa shape index (κ2) is 10.6. The smallest absolute Gasteiger partial charge is 0.419 e. The van der Waals surface area contributed by atoms with Crippen molar-refractivity contribution in [2.75, 3.05) is 33.1 Å². The van der Waals surface area contributed by atoms with Gasteiger partial charge in [0.25, 0.3) is 0 Å². The Balaban J connectivity index is 1.68. The second-order valence-corrected chi connectivity index (χ2v) is 10.4. The quantitative estimate of drug-likeness (QED) is 0.306. The van der Waals surface area contributed by atoms with E-state index in [4.69, 9.17) is 9.47 Å². The van der Waals surface area contributed by atoms with Crippen LogP contribution in [0.4, 0.5) is 23.4 Å². The van der Waals surface area contributed by atoms with Crippen LogP contribution in [0.5, 0.6) is 11.5 Å². The van der Waals surface area contributed by atoms with Crippen LogP contribution in [0, 0.1) is 18.2 Å². The molecule has 206 valence electrons. The molecule has 0 amide bonds. The maximum atomic E-state index is 14.8. The monoisotopic (exact) mass is 534 g/mol. The van der Waals surface area contributed by atoms with Gasteiger partial charge in [-0.1, -0.05) is 18.6 Å². The van der Waals surface area contributed by atoms with Crippen molar-refractivity contribution < 1.29 is 27.0 Å². The van der Waals surface area contributed by atoms with Crippen molar-refractivity contribution in [2.24, 2.45) is 5.41 Å². The Hall–Kier alpha value is -3.14. The van der Waals surface area contributed by atoms with Crippen LogP contribution in [0.2, 0.25) is 0 Å². The fraction of sp³-hybridized carbons (Fsp3) is 0.500. The van der Waals surface area contributed by atoms with Gasteiger partial charge >= 0.3 is 6.18 Å². The number of aryl methyl sites for hydroxylation is 1. The van der Waals surface area contributed by atoms with Crippen molar-refractivity contribution in [1.82, 2.24) is 14.9 Å². The number of benzene rings is 2. The van der Waals surface area contributed by atoms with Crippen molar-refractivity contribution in [3.63, 3.8) is 0 Å². The average Bonchev–Trinajstić information content (AvgIpc) is 2.82. The maximum Gasteiger partial charge on any atom is 0.419 e. The number of alkyl halides is 3. The highest BCUT2D eigenvalue weighted by molar-refractivity contribution is 5.92. The summed E-state index contributed by atoms with van der Waals surface area (Å²) in [5.74, 6) is 0.544. The van der Waals surface area contributed by atoms with E-state index in [2.05, 4.69) is 41.2 Å². The number of aromatic nitrogens is 2. The number of halogens is 4. The van der Waals surface area contributed by atoms with Crippen molar-refractivity contribution in [1.29, 1.82) is 0 Å². The normalized spacial score (nSPS) is 16.7. The number of anilines is 1. The highest BCUT2D eigenvalue weighted by Gasteiger charge is 2.44. The third-order valence-corrected chi connectivity index (χ3v) is 7.77. The molecule has 1 fully saturated rings. The lowest BCUT2D eigenvalue weighted by Crippen LogP contribution is -2.50. The molecule has 1 aliphatic carbocycles. The van der Waals surface area contributed by atoms with E-state index in [1.807, 2.05) is 0 Å². The highest BCUT2D eigenvalue weighted by Crippen LogP contribution is 2.46. The van der Waals surface area contributed by atoms with Crippen molar-refractivity contribution in [3.05, 3.63) is 53.1 Å². The molecule has 3 aromatic rings. The van der Waals surface area contributed by atoms with Gasteiger partial charge in [0.2, 0.25) is 0 Å². The third-order valence-electron chi connectivity index (χ3n) is 7.77. The molecule has 1 aromatic heterocycles. The molecular formula is C28H34F4N4O2. The zero-order valence-electron chi connectivity index (χ0n) is 22.5. The molecule has 0 aliphatic heterocycles. The first kappa shape index (κ1) is 27.9. The van der Waals surface area contributed by atoms with Gasteiger partial charge in [-0.3, -0.25) is 0 Å². The molecule has 1 heterocycles. The topological polar surface area (TPSA) is 59.5 Å². The summed E-state index contributed by atoms with van der Waals surface area (Å²) in [5, 5.41) is 3.68. The molecule has 2 atom stereocenters. The summed E-state index contributed by atoms with van der Waals surface area (Å²) in [6.07, 6.45) is -1.50. The van der Waals surface area contributed by atoms with Gasteiger partial charge in [0, 0.05) is 28.5 Å². The lowest BCUT2D eigenvalue weighted by Gasteiger charge is -2.48. The van der Waals surface area contributed by atoms with Gasteiger partial charge in [-0.15, -0.1) is 0 Å². The Kier molecular flexibility index (Phi) is 7.74. The van der Waals surface area contributed by atoms with Crippen LogP contribution in [-0.2, 0) is 6.18 Å². The van der Waals surface area contributed by atoms with Crippen LogP contribution in [0.1, 0.15) is 56.1 Å². The van der Waals surface area contributed by atoms with Gasteiger partial charge in [-0.05, 0) is 59.8 Å². The Morgan fingerprint density at radius 3 is 2.39 bits per heavy atom. The number of rotatable bonds is 9. The van der Waals surface area contributed by atoms with Crippen LogP contribution in [0.15, 0.2) is 30.3 Å². The minimum Gasteiger partial charge on any atom is -0.493 e. The van der Waals surface area contributed by atoms with E-state index in [1.165, 1.54) is 12.1 Å². The molecule has 1 N–H and O–H groups in total. The van der Waals surface area contributed by atoms with Gasteiger partial charge in [-0.25, -0.2) is 14.4 Å². The SMILES string of the molecule is COc1cc2nc(C)nc(N[C@H](C)c3cccc(C(F)(F)F)c3F)c2cc1OCC1([C@@H](C)N(C)C)CCC1. The van der Waals surface area contributed by atoms with Gasteiger partial charge in [0.1, 0.15) is 17.5 Å². The molecule has 1 saturated carbocycles. The van der Waals surface area contributed by atoms with Crippen LogP contribution >= 0.6 is 0 Å². The molecule has 0 radical (unpaired) electrons. The minimum absolute atomic E-state index is 0.0316. The molecular weight excluding hydrogens is 500 g/mol. The fourth-order valence-corrected chi connectivity index (χ4v) is 5.10. The zero-order valence-corrected chi connectivity index (χ0v) is 22.5. The predicted molar refractivity (Wildman–Crippen MR) is 139 cm³/mol. The maximum absolute atomic E-state index is 14.8. The molecule has 38 heavy (non-hydrogen) atoms. The molecule has 2 aromatic carbocycles. The first-order valence-corrected chi connectivity index (χ1v) is 12.6. The molecule has 6 nitrogen and oxygen atoms in total.